The van der Waals surface area contributed by atoms with Crippen molar-refractivity contribution in [3.05, 3.63) is 51.7 Å². The number of thioether (sulfide) groups is 1. The molecule has 6 nitrogen and oxygen atoms in total. The van der Waals surface area contributed by atoms with Crippen molar-refractivity contribution >= 4 is 39.0 Å². The molecule has 0 aliphatic carbocycles. The monoisotopic (exact) mass is 467 g/mol. The van der Waals surface area contributed by atoms with Gasteiger partial charge in [-0.3, -0.25) is 9.69 Å². The summed E-state index contributed by atoms with van der Waals surface area (Å²) in [5.41, 5.74) is 2.19. The lowest BCUT2D eigenvalue weighted by atomic mass is 10.1. The Bertz CT molecular complexity index is 967. The predicted octanol–water partition coefficient (Wildman–Crippen LogP) is 3.26. The molecule has 1 aliphatic rings. The van der Waals surface area contributed by atoms with Crippen LogP contribution in [0.4, 0.5) is 0 Å². The summed E-state index contributed by atoms with van der Waals surface area (Å²) < 4.78 is 27.5. The van der Waals surface area contributed by atoms with E-state index in [1.807, 2.05) is 18.2 Å². The maximum Gasteiger partial charge on any atom is 0.263 e. The first-order valence-electron chi connectivity index (χ1n) is 10.0. The van der Waals surface area contributed by atoms with Gasteiger partial charge in [0.2, 0.25) is 10.0 Å². The highest BCUT2D eigenvalue weighted by molar-refractivity contribution is 7.99. The lowest BCUT2D eigenvalue weighted by Crippen LogP contribution is -2.38. The van der Waals surface area contributed by atoms with Gasteiger partial charge in [-0.1, -0.05) is 24.3 Å². The Labute approximate surface area is 187 Å². The van der Waals surface area contributed by atoms with Crippen LogP contribution in [0.3, 0.4) is 0 Å². The minimum absolute atomic E-state index is 0.115. The molecule has 1 N–H and O–H groups in total. The van der Waals surface area contributed by atoms with Crippen molar-refractivity contribution in [2.75, 3.05) is 31.6 Å². The van der Waals surface area contributed by atoms with Gasteiger partial charge in [0.05, 0.1) is 0 Å². The molecule has 0 spiro atoms. The third kappa shape index (κ3) is 5.45. The third-order valence-corrected chi connectivity index (χ3v) is 9.21. The SMILES string of the molecule is CC(C)N(C)Cc1ccccc1CNC(=O)c1sccc1S(=O)(=O)N1CCSCC1. The fourth-order valence-corrected chi connectivity index (χ4v) is 7.08. The number of thiophene rings is 1. The van der Waals surface area contributed by atoms with Crippen LogP contribution in [-0.4, -0.2) is 61.2 Å². The van der Waals surface area contributed by atoms with E-state index >= 15 is 0 Å². The lowest BCUT2D eigenvalue weighted by molar-refractivity contribution is 0.0951. The molecule has 1 aromatic heterocycles. The third-order valence-electron chi connectivity index (χ3n) is 5.28. The van der Waals surface area contributed by atoms with Gasteiger partial charge in [-0.15, -0.1) is 11.3 Å². The number of hydrogen-bond acceptors (Lipinski definition) is 6. The Kier molecular flexibility index (Phi) is 7.98. The molecule has 1 amide bonds. The quantitative estimate of drug-likeness (QED) is 0.645. The first-order chi connectivity index (χ1) is 14.3. The summed E-state index contributed by atoms with van der Waals surface area (Å²) in [6, 6.07) is 9.98. The number of nitrogens with one attached hydrogen (secondary N) is 1. The van der Waals surface area contributed by atoms with Gasteiger partial charge < -0.3 is 5.32 Å². The molecule has 0 bridgehead atoms. The zero-order valence-corrected chi connectivity index (χ0v) is 20.1. The van der Waals surface area contributed by atoms with E-state index < -0.39 is 10.0 Å². The summed E-state index contributed by atoms with van der Waals surface area (Å²) >= 11 is 2.92. The highest BCUT2D eigenvalue weighted by atomic mass is 32.2. The van der Waals surface area contributed by atoms with E-state index in [0.29, 0.717) is 25.7 Å². The van der Waals surface area contributed by atoms with Crippen molar-refractivity contribution in [2.45, 2.75) is 37.9 Å². The predicted molar refractivity (Wildman–Crippen MR) is 125 cm³/mol. The van der Waals surface area contributed by atoms with Crippen LogP contribution in [0.2, 0.25) is 0 Å². The number of carbonyl (C=O) groups excluding carboxylic acids is 1. The molecule has 0 atom stereocenters. The van der Waals surface area contributed by atoms with E-state index in [1.165, 1.54) is 15.6 Å². The van der Waals surface area contributed by atoms with Gasteiger partial charge in [-0.05, 0) is 43.5 Å². The molecule has 0 unspecified atom stereocenters. The Morgan fingerprint density at radius 3 is 2.50 bits per heavy atom. The Morgan fingerprint density at radius 2 is 1.83 bits per heavy atom. The Morgan fingerprint density at radius 1 is 1.17 bits per heavy atom. The molecule has 1 fully saturated rings. The number of amides is 1. The van der Waals surface area contributed by atoms with Gasteiger partial charge in [0.25, 0.3) is 5.91 Å². The number of hydrogen-bond donors (Lipinski definition) is 1. The van der Waals surface area contributed by atoms with Crippen LogP contribution in [0.15, 0.2) is 40.6 Å². The van der Waals surface area contributed by atoms with Gasteiger partial charge in [-0.25, -0.2) is 8.42 Å². The van der Waals surface area contributed by atoms with E-state index in [4.69, 9.17) is 0 Å². The number of rotatable bonds is 8. The molecule has 0 saturated carbocycles. The number of sulfonamides is 1. The second-order valence-electron chi connectivity index (χ2n) is 7.59. The van der Waals surface area contributed by atoms with Gasteiger partial charge in [0, 0.05) is 43.7 Å². The fourth-order valence-electron chi connectivity index (χ4n) is 3.18. The van der Waals surface area contributed by atoms with Crippen LogP contribution in [0.1, 0.15) is 34.6 Å². The molecule has 2 aromatic rings. The van der Waals surface area contributed by atoms with Crippen molar-refractivity contribution < 1.29 is 13.2 Å². The van der Waals surface area contributed by atoms with Crippen LogP contribution in [0, 0.1) is 0 Å². The molecule has 164 valence electrons. The van der Waals surface area contributed by atoms with Gasteiger partial charge >= 0.3 is 0 Å². The van der Waals surface area contributed by atoms with Crippen molar-refractivity contribution in [1.82, 2.24) is 14.5 Å². The van der Waals surface area contributed by atoms with Gasteiger partial charge in [0.1, 0.15) is 9.77 Å². The minimum Gasteiger partial charge on any atom is -0.347 e. The summed E-state index contributed by atoms with van der Waals surface area (Å²) in [5, 5.41) is 4.60. The van der Waals surface area contributed by atoms with Crippen molar-refractivity contribution in [1.29, 1.82) is 0 Å². The van der Waals surface area contributed by atoms with E-state index in [0.717, 1.165) is 29.2 Å². The Hall–Kier alpha value is -1.39. The fraction of sp³-hybridized carbons (Fsp3) is 0.476. The zero-order chi connectivity index (χ0) is 21.7. The average Bonchev–Trinajstić information content (AvgIpc) is 3.24. The number of nitrogens with zero attached hydrogens (tertiary/aromatic N) is 2. The maximum absolute atomic E-state index is 13.0. The second-order valence-corrected chi connectivity index (χ2v) is 11.6. The second kappa shape index (κ2) is 10.3. The van der Waals surface area contributed by atoms with E-state index in [1.54, 1.807) is 23.2 Å². The van der Waals surface area contributed by atoms with Crippen molar-refractivity contribution in [3.8, 4) is 0 Å². The molecular weight excluding hydrogens is 438 g/mol. The largest absolute Gasteiger partial charge is 0.347 e. The molecular formula is C21H29N3O3S3. The highest BCUT2D eigenvalue weighted by Crippen LogP contribution is 2.27. The Balaban J connectivity index is 1.72. The number of carbonyl (C=O) groups is 1. The molecule has 2 heterocycles. The molecule has 1 aliphatic heterocycles. The van der Waals surface area contributed by atoms with Crippen LogP contribution >= 0.6 is 23.1 Å². The molecule has 3 rings (SSSR count). The first kappa shape index (κ1) is 23.3. The van der Waals surface area contributed by atoms with Gasteiger partial charge in [-0.2, -0.15) is 16.1 Å². The van der Waals surface area contributed by atoms with E-state index in [-0.39, 0.29) is 15.7 Å². The standard InChI is InChI=1S/C21H29N3O3S3/c1-16(2)23(3)15-18-7-5-4-6-17(18)14-22-21(25)20-19(8-11-29-20)30(26,27)24-9-12-28-13-10-24/h4-8,11,16H,9-10,12-15H2,1-3H3,(H,22,25). The zero-order valence-electron chi connectivity index (χ0n) is 17.6. The topological polar surface area (TPSA) is 69.7 Å². The average molecular weight is 468 g/mol. The molecule has 1 saturated heterocycles. The lowest BCUT2D eigenvalue weighted by Gasteiger charge is -2.25. The minimum atomic E-state index is -3.65. The molecule has 30 heavy (non-hydrogen) atoms. The maximum atomic E-state index is 13.0. The summed E-state index contributed by atoms with van der Waals surface area (Å²) in [6.07, 6.45) is 0. The first-order valence-corrected chi connectivity index (χ1v) is 13.5. The van der Waals surface area contributed by atoms with Crippen molar-refractivity contribution in [2.24, 2.45) is 0 Å². The van der Waals surface area contributed by atoms with Crippen LogP contribution < -0.4 is 5.32 Å². The number of benzene rings is 1. The normalized spacial score (nSPS) is 15.6. The van der Waals surface area contributed by atoms with E-state index in [9.17, 15) is 13.2 Å². The molecule has 9 heteroatoms. The van der Waals surface area contributed by atoms with Crippen LogP contribution in [0.5, 0.6) is 0 Å². The molecule has 0 radical (unpaired) electrons. The van der Waals surface area contributed by atoms with E-state index in [2.05, 4.69) is 37.2 Å². The molecule has 1 aromatic carbocycles. The van der Waals surface area contributed by atoms with Gasteiger partial charge in [0.15, 0.2) is 0 Å². The highest BCUT2D eigenvalue weighted by Gasteiger charge is 2.31. The summed E-state index contributed by atoms with van der Waals surface area (Å²) in [7, 11) is -1.58. The van der Waals surface area contributed by atoms with Crippen molar-refractivity contribution in [3.63, 3.8) is 0 Å². The summed E-state index contributed by atoms with van der Waals surface area (Å²) in [5.74, 6) is 1.22. The van der Waals surface area contributed by atoms with Crippen LogP contribution in [-0.2, 0) is 23.1 Å². The summed E-state index contributed by atoms with van der Waals surface area (Å²) in [4.78, 5) is 15.5. The smallest absolute Gasteiger partial charge is 0.263 e. The summed E-state index contributed by atoms with van der Waals surface area (Å²) in [6.45, 7) is 6.41. The van der Waals surface area contributed by atoms with Crippen LogP contribution in [0.25, 0.3) is 0 Å².